The van der Waals surface area contributed by atoms with Gasteiger partial charge in [0.25, 0.3) is 11.8 Å². The van der Waals surface area contributed by atoms with E-state index < -0.39 is 29.2 Å². The summed E-state index contributed by atoms with van der Waals surface area (Å²) < 4.78 is 1.40. The van der Waals surface area contributed by atoms with Crippen molar-refractivity contribution in [1.82, 2.24) is 15.2 Å². The highest BCUT2D eigenvalue weighted by Gasteiger charge is 2.53. The lowest BCUT2D eigenvalue weighted by Gasteiger charge is -2.50. The number of aliphatic carboxylic acids is 1. The van der Waals surface area contributed by atoms with Crippen LogP contribution in [0.3, 0.4) is 0 Å². The molecule has 2 amide bonds. The maximum absolute atomic E-state index is 12.9. The number of hydrogen-bond donors (Lipinski definition) is 3. The Morgan fingerprint density at radius 3 is 2.79 bits per heavy atom. The van der Waals surface area contributed by atoms with Crippen LogP contribution in [0, 0.1) is 0 Å². The molecule has 4 heterocycles. The number of nitrogens with two attached hydrogens (primary N) is 2. The zero-order valence-corrected chi connectivity index (χ0v) is 20.1. The number of carbonyl (C=O) groups excluding carboxylic acids is 3. The van der Waals surface area contributed by atoms with Gasteiger partial charge in [-0.25, -0.2) is 10.8 Å². The molecule has 34 heavy (non-hydrogen) atoms. The predicted octanol–water partition coefficient (Wildman–Crippen LogP) is -1.73. The fraction of sp³-hybridized carbons (Fsp3) is 0.263. The van der Waals surface area contributed by atoms with Crippen molar-refractivity contribution in [2.45, 2.75) is 16.3 Å². The van der Waals surface area contributed by atoms with Gasteiger partial charge in [0, 0.05) is 33.9 Å². The third kappa shape index (κ3) is 4.67. The molecule has 5 N–H and O–H groups in total. The minimum atomic E-state index is -1.44. The van der Waals surface area contributed by atoms with Crippen molar-refractivity contribution in [2.24, 2.45) is 5.16 Å². The minimum Gasteiger partial charge on any atom is -0.543 e. The number of pyridine rings is 1. The number of aromatic nitrogens is 2. The zero-order valence-electron chi connectivity index (χ0n) is 17.7. The van der Waals surface area contributed by atoms with E-state index >= 15 is 0 Å². The van der Waals surface area contributed by atoms with E-state index in [1.54, 1.807) is 24.5 Å². The average molecular weight is 522 g/mol. The Morgan fingerprint density at radius 1 is 1.44 bits per heavy atom. The summed E-state index contributed by atoms with van der Waals surface area (Å²) in [6, 6.07) is 2.67. The van der Waals surface area contributed by atoms with Crippen LogP contribution in [0.5, 0.6) is 0 Å². The van der Waals surface area contributed by atoms with Crippen molar-refractivity contribution < 1.29 is 29.0 Å². The number of carbonyl (C=O) groups is 3. The largest absolute Gasteiger partial charge is 0.543 e. The van der Waals surface area contributed by atoms with Gasteiger partial charge in [0.15, 0.2) is 23.2 Å². The molecule has 178 valence electrons. The normalized spacial score (nSPS) is 20.0. The molecule has 1 fully saturated rings. The maximum Gasteiger partial charge on any atom is 0.276 e. The average Bonchev–Trinajstić information content (AvgIpc) is 3.25. The molecule has 1 unspecified atom stereocenters. The van der Waals surface area contributed by atoms with E-state index in [4.69, 9.17) is 16.4 Å². The maximum atomic E-state index is 12.9. The second kappa shape index (κ2) is 9.90. The molecule has 2 aromatic rings. The van der Waals surface area contributed by atoms with Gasteiger partial charge in [-0.2, -0.15) is 0 Å². The SMILES string of the molecule is CO/N=C(\C(=O)NC1C(=O)N2C(C(=O)[O-])=C(CSc3cc[n+](N)cc3)CS[C@@H]12)c1csc(N)n1. The van der Waals surface area contributed by atoms with Crippen molar-refractivity contribution >= 4 is 63.5 Å². The number of rotatable bonds is 8. The van der Waals surface area contributed by atoms with Crippen LogP contribution in [0.1, 0.15) is 5.69 Å². The first-order valence-corrected chi connectivity index (χ1v) is 12.6. The van der Waals surface area contributed by atoms with Crippen molar-refractivity contribution in [3.63, 3.8) is 0 Å². The van der Waals surface area contributed by atoms with E-state index in [1.165, 1.54) is 40.7 Å². The number of nitrogens with one attached hydrogen (secondary N) is 1. The summed E-state index contributed by atoms with van der Waals surface area (Å²) in [6.07, 6.45) is 3.35. The molecule has 2 aliphatic rings. The number of thioether (sulfide) groups is 2. The van der Waals surface area contributed by atoms with Crippen LogP contribution in [0.4, 0.5) is 5.13 Å². The molecule has 0 aliphatic carbocycles. The Balaban J connectivity index is 1.48. The molecule has 0 aromatic carbocycles. The number of fused-ring (bicyclic) bond motifs is 1. The lowest BCUT2D eigenvalue weighted by atomic mass is 10.0. The van der Waals surface area contributed by atoms with Crippen LogP contribution >= 0.6 is 34.9 Å². The monoisotopic (exact) mass is 521 g/mol. The number of hydrogen-bond acceptors (Lipinski definition) is 12. The van der Waals surface area contributed by atoms with Gasteiger partial charge < -0.3 is 25.8 Å². The molecule has 4 rings (SSSR count). The molecule has 0 saturated carbocycles. The van der Waals surface area contributed by atoms with Crippen LogP contribution in [-0.2, 0) is 19.2 Å². The predicted molar refractivity (Wildman–Crippen MR) is 125 cm³/mol. The summed E-state index contributed by atoms with van der Waals surface area (Å²) in [5.74, 6) is 3.66. The first-order chi connectivity index (χ1) is 16.3. The Morgan fingerprint density at radius 2 is 2.18 bits per heavy atom. The summed E-state index contributed by atoms with van der Waals surface area (Å²) in [4.78, 5) is 48.4. The van der Waals surface area contributed by atoms with Crippen LogP contribution in [0.25, 0.3) is 0 Å². The van der Waals surface area contributed by atoms with E-state index in [0.717, 1.165) is 21.1 Å². The number of β-lactam (4-membered cyclic amide) rings is 1. The first-order valence-electron chi connectivity index (χ1n) is 9.70. The summed E-state index contributed by atoms with van der Waals surface area (Å²) >= 11 is 3.90. The van der Waals surface area contributed by atoms with Crippen LogP contribution < -0.4 is 26.7 Å². The lowest BCUT2D eigenvalue weighted by molar-refractivity contribution is -0.639. The quantitative estimate of drug-likeness (QED) is 0.0902. The molecule has 2 aromatic heterocycles. The Labute approximate surface area is 206 Å². The summed E-state index contributed by atoms with van der Waals surface area (Å²) in [6.45, 7) is 0. The molecule has 2 aliphatic heterocycles. The topological polar surface area (TPSA) is 180 Å². The summed E-state index contributed by atoms with van der Waals surface area (Å²) in [7, 11) is 1.27. The smallest absolute Gasteiger partial charge is 0.276 e. The number of thiazole rings is 1. The highest BCUT2D eigenvalue weighted by Crippen LogP contribution is 2.41. The number of carboxylic acids is 1. The molecule has 1 saturated heterocycles. The molecule has 0 radical (unpaired) electrons. The van der Waals surface area contributed by atoms with Crippen LogP contribution in [0.2, 0.25) is 0 Å². The van der Waals surface area contributed by atoms with Crippen LogP contribution in [0.15, 0.2) is 51.2 Å². The third-order valence-corrected chi connectivity index (χ3v) is 8.04. The zero-order chi connectivity index (χ0) is 24.4. The highest BCUT2D eigenvalue weighted by molar-refractivity contribution is 8.01. The summed E-state index contributed by atoms with van der Waals surface area (Å²) in [5, 5.41) is 19.4. The Bertz CT molecular complexity index is 1200. The molecule has 0 spiro atoms. The molecule has 2 atom stereocenters. The lowest BCUT2D eigenvalue weighted by Crippen LogP contribution is -2.71. The fourth-order valence-corrected chi connectivity index (χ4v) is 6.29. The molecule has 12 nitrogen and oxygen atoms in total. The van der Waals surface area contributed by atoms with E-state index in [9.17, 15) is 19.5 Å². The number of carboxylic acid groups (broad SMARTS) is 1. The molecule has 0 bridgehead atoms. The van der Waals surface area contributed by atoms with Gasteiger partial charge in [-0.1, -0.05) is 9.83 Å². The van der Waals surface area contributed by atoms with Gasteiger partial charge in [-0.05, 0) is 5.57 Å². The number of oxime groups is 1. The second-order valence-electron chi connectivity index (χ2n) is 7.06. The Kier molecular flexibility index (Phi) is 6.95. The third-order valence-electron chi connectivity index (χ3n) is 4.92. The van der Waals surface area contributed by atoms with Gasteiger partial charge in [-0.3, -0.25) is 14.5 Å². The van der Waals surface area contributed by atoms with Gasteiger partial charge >= 0.3 is 0 Å². The highest BCUT2D eigenvalue weighted by atomic mass is 32.2. The minimum absolute atomic E-state index is 0.142. The van der Waals surface area contributed by atoms with Crippen molar-refractivity contribution in [3.8, 4) is 0 Å². The van der Waals surface area contributed by atoms with Gasteiger partial charge in [0.05, 0.1) is 11.7 Å². The van der Waals surface area contributed by atoms with E-state index in [0.29, 0.717) is 17.1 Å². The van der Waals surface area contributed by atoms with Crippen molar-refractivity contribution in [2.75, 3.05) is 30.2 Å². The van der Waals surface area contributed by atoms with Crippen LogP contribution in [-0.4, -0.2) is 63.4 Å². The van der Waals surface area contributed by atoms with Crippen molar-refractivity contribution in [3.05, 3.63) is 46.9 Å². The Hall–Kier alpha value is -3.30. The molecular weight excluding hydrogens is 502 g/mol. The van der Waals surface area contributed by atoms with Crippen molar-refractivity contribution in [1.29, 1.82) is 0 Å². The van der Waals surface area contributed by atoms with E-state index in [-0.39, 0.29) is 22.2 Å². The number of anilines is 1. The number of nitrogens with zero attached hydrogens (tertiary/aromatic N) is 4. The van der Waals surface area contributed by atoms with Gasteiger partial charge in [-0.15, -0.1) is 34.9 Å². The second-order valence-corrected chi connectivity index (χ2v) is 10.1. The molecular formula is C19H19N7O5S3. The first kappa shape index (κ1) is 23.8. The number of nitrogen functional groups attached to an aromatic ring is 2. The van der Waals surface area contributed by atoms with Gasteiger partial charge in [0.1, 0.15) is 24.2 Å². The fourth-order valence-electron chi connectivity index (χ4n) is 3.38. The summed E-state index contributed by atoms with van der Waals surface area (Å²) in [5.41, 5.74) is 6.10. The molecule has 15 heteroatoms. The van der Waals surface area contributed by atoms with E-state index in [2.05, 4.69) is 15.5 Å². The van der Waals surface area contributed by atoms with Gasteiger partial charge in [0.2, 0.25) is 0 Å². The van der Waals surface area contributed by atoms with E-state index in [1.807, 2.05) is 0 Å². The standard InChI is InChI=1S/C19H19N7O5S3/c1-31-24-12(11-8-34-19(20)22-11)15(27)23-13-16(28)26-14(18(29)30)9(7-33-17(13)26)6-32-10-2-4-25(21)5-3-10/h2-5,8,13,17H,6-7,21H2,1H3,(H3-,20,22,23,27,29,30)/b24-12-/t13?,17-/m0/s1. The number of amides is 2.